The van der Waals surface area contributed by atoms with Gasteiger partial charge in [-0.25, -0.2) is 23.0 Å². The van der Waals surface area contributed by atoms with Gasteiger partial charge in [0.25, 0.3) is 5.82 Å². The first-order valence-electron chi connectivity index (χ1n) is 9.89. The maximum absolute atomic E-state index is 14.3. The Hall–Kier alpha value is -2.85. The van der Waals surface area contributed by atoms with Crippen LogP contribution < -0.4 is 15.0 Å². The quantitative estimate of drug-likeness (QED) is 0.342. The second kappa shape index (κ2) is 9.33. The van der Waals surface area contributed by atoms with Gasteiger partial charge >= 0.3 is 7.82 Å². The molecule has 4 rings (SSSR count). The molecule has 170 valence electrons. The molecule has 3 heterocycles. The first kappa shape index (κ1) is 22.3. The summed E-state index contributed by atoms with van der Waals surface area (Å²) in [6, 6.07) is 6.43. The molecule has 0 bridgehead atoms. The van der Waals surface area contributed by atoms with Gasteiger partial charge in [0.15, 0.2) is 11.6 Å². The Kier molecular flexibility index (Phi) is 6.52. The molecule has 0 saturated heterocycles. The van der Waals surface area contributed by atoms with Crippen molar-refractivity contribution in [1.29, 1.82) is 0 Å². The molecule has 1 unspecified atom stereocenters. The monoisotopic (exact) mass is 465 g/mol. The van der Waals surface area contributed by atoms with Gasteiger partial charge in [-0.3, -0.25) is 10.3 Å². The molecule has 3 aromatic heterocycles. The summed E-state index contributed by atoms with van der Waals surface area (Å²) in [4.78, 5) is 13.5. The minimum atomic E-state index is -4.15. The van der Waals surface area contributed by atoms with Crippen LogP contribution in [-0.4, -0.2) is 28.8 Å². The summed E-state index contributed by atoms with van der Waals surface area (Å²) in [5.74, 6) is 0.608. The number of pyridine rings is 2. The second-order valence-electron chi connectivity index (χ2n) is 7.43. The Balaban J connectivity index is 1.45. The second-order valence-corrected chi connectivity index (χ2v) is 8.99. The van der Waals surface area contributed by atoms with Crippen LogP contribution in [0.2, 0.25) is 0 Å². The lowest BCUT2D eigenvalue weighted by Crippen LogP contribution is -2.38. The minimum absolute atomic E-state index is 0.00576. The molecule has 10 nitrogen and oxygen atoms in total. The summed E-state index contributed by atoms with van der Waals surface area (Å²) in [5, 5.41) is 4.02. The number of nitrogen functional groups attached to an aromatic ring is 1. The van der Waals surface area contributed by atoms with Gasteiger partial charge in [-0.15, -0.1) is 0 Å². The third kappa shape index (κ3) is 5.49. The predicted molar refractivity (Wildman–Crippen MR) is 110 cm³/mol. The number of ether oxygens (including phenoxy) is 1. The number of aromatic nitrogens is 3. The van der Waals surface area contributed by atoms with Crippen molar-refractivity contribution in [3.8, 4) is 17.2 Å². The maximum Gasteiger partial charge on any atom is 0.475 e. The van der Waals surface area contributed by atoms with Crippen molar-refractivity contribution in [2.24, 2.45) is 5.92 Å². The van der Waals surface area contributed by atoms with Gasteiger partial charge in [0.05, 0.1) is 18.5 Å². The van der Waals surface area contributed by atoms with Crippen LogP contribution in [0.15, 0.2) is 41.2 Å². The van der Waals surface area contributed by atoms with E-state index >= 15 is 0 Å². The normalized spacial score (nSPS) is 15.5. The fourth-order valence-electron chi connectivity index (χ4n) is 2.95. The molecule has 32 heavy (non-hydrogen) atoms. The van der Waals surface area contributed by atoms with E-state index in [2.05, 4.69) is 14.7 Å². The van der Waals surface area contributed by atoms with Crippen LogP contribution in [0.25, 0.3) is 11.3 Å². The Labute approximate surface area is 183 Å². The lowest BCUT2D eigenvalue weighted by atomic mass is 10.1. The van der Waals surface area contributed by atoms with E-state index in [9.17, 15) is 13.8 Å². The van der Waals surface area contributed by atoms with E-state index in [1.165, 1.54) is 10.6 Å². The molecular formula is C20H23FN4O6P+. The third-order valence-electron chi connectivity index (χ3n) is 4.93. The Morgan fingerprint density at radius 2 is 2.22 bits per heavy atom. The van der Waals surface area contributed by atoms with Crippen LogP contribution in [-0.2, 0) is 26.8 Å². The molecule has 12 heteroatoms. The highest BCUT2D eigenvalue weighted by atomic mass is 31.2. The molecule has 0 aliphatic heterocycles. The summed E-state index contributed by atoms with van der Waals surface area (Å²) in [7, 11) is -3.09. The zero-order valence-electron chi connectivity index (χ0n) is 17.3. The average molecular weight is 465 g/mol. The number of phosphoric acid groups is 1. The molecule has 1 saturated carbocycles. The number of halogens is 1. The molecular weight excluding hydrogens is 442 g/mol. The summed E-state index contributed by atoms with van der Waals surface area (Å²) in [6.07, 6.45) is 5.65. The Bertz CT molecular complexity index is 1150. The highest BCUT2D eigenvalue weighted by molar-refractivity contribution is 7.47. The fraction of sp³-hybridized carbons (Fsp3) is 0.350. The molecule has 1 fully saturated rings. The number of hydrogen-bond donors (Lipinski definition) is 2. The largest absolute Gasteiger partial charge is 0.475 e. The van der Waals surface area contributed by atoms with E-state index < -0.39 is 13.6 Å². The summed E-state index contributed by atoms with van der Waals surface area (Å²) in [5.41, 5.74) is 7.82. The van der Waals surface area contributed by atoms with Crippen molar-refractivity contribution >= 4 is 13.6 Å². The standard InChI is InChI=1S/C20H22FN4O6P/c1-28-32(26,27)30-12-25-6-2-3-16(19(25)22)18-9-15(24-31-18)7-14-8-17(21)20(23-10-14)29-11-13-4-5-13/h2-3,6,8-10,13,22H,4-5,7,11-12H2,1H3,(H,26,27)/p+1. The first-order chi connectivity index (χ1) is 15.3. The topological polar surface area (TPSA) is 134 Å². The Morgan fingerprint density at radius 1 is 1.41 bits per heavy atom. The molecule has 1 atom stereocenters. The van der Waals surface area contributed by atoms with Crippen molar-refractivity contribution in [2.75, 3.05) is 19.5 Å². The number of nitrogens with two attached hydrogens (primary N) is 1. The molecule has 0 amide bonds. The van der Waals surface area contributed by atoms with Crippen LogP contribution in [0, 0.1) is 11.7 Å². The van der Waals surface area contributed by atoms with Crippen LogP contribution in [0.4, 0.5) is 10.2 Å². The van der Waals surface area contributed by atoms with Crippen LogP contribution in [0.1, 0.15) is 24.1 Å². The number of hydrogen-bond acceptors (Lipinski definition) is 8. The summed E-state index contributed by atoms with van der Waals surface area (Å²) >= 11 is 0. The van der Waals surface area contributed by atoms with E-state index in [4.69, 9.17) is 19.5 Å². The van der Waals surface area contributed by atoms with E-state index in [1.807, 2.05) is 0 Å². The molecule has 0 spiro atoms. The van der Waals surface area contributed by atoms with Crippen LogP contribution in [0.3, 0.4) is 0 Å². The lowest BCUT2D eigenvalue weighted by Gasteiger charge is -2.09. The lowest BCUT2D eigenvalue weighted by molar-refractivity contribution is -0.711. The van der Waals surface area contributed by atoms with Gasteiger partial charge in [-0.1, -0.05) is 5.16 Å². The van der Waals surface area contributed by atoms with Gasteiger partial charge in [0, 0.05) is 25.8 Å². The van der Waals surface area contributed by atoms with Gasteiger partial charge in [0.1, 0.15) is 5.56 Å². The van der Waals surface area contributed by atoms with Crippen molar-refractivity contribution in [3.63, 3.8) is 0 Å². The zero-order chi connectivity index (χ0) is 22.7. The molecule has 3 aromatic rings. The van der Waals surface area contributed by atoms with E-state index in [0.29, 0.717) is 41.5 Å². The smallest absolute Gasteiger partial charge is 0.475 e. The predicted octanol–water partition coefficient (Wildman–Crippen LogP) is 2.85. The van der Waals surface area contributed by atoms with Gasteiger partial charge in [0.2, 0.25) is 12.6 Å². The highest BCUT2D eigenvalue weighted by Crippen LogP contribution is 2.41. The molecule has 1 aliphatic rings. The highest BCUT2D eigenvalue weighted by Gasteiger charge is 2.24. The van der Waals surface area contributed by atoms with Crippen LogP contribution >= 0.6 is 7.82 Å². The minimum Gasteiger partial charge on any atom is -0.475 e. The van der Waals surface area contributed by atoms with E-state index in [1.54, 1.807) is 30.6 Å². The van der Waals surface area contributed by atoms with Crippen molar-refractivity contribution in [1.82, 2.24) is 10.1 Å². The molecule has 0 radical (unpaired) electrons. The molecule has 3 N–H and O–H groups in total. The summed E-state index contributed by atoms with van der Waals surface area (Å²) in [6.45, 7) is 0.184. The van der Waals surface area contributed by atoms with E-state index in [0.717, 1.165) is 20.0 Å². The number of rotatable bonds is 10. The first-order valence-corrected chi connectivity index (χ1v) is 11.4. The van der Waals surface area contributed by atoms with Gasteiger partial charge < -0.3 is 14.2 Å². The van der Waals surface area contributed by atoms with Crippen molar-refractivity contribution in [2.45, 2.75) is 26.0 Å². The fourth-order valence-corrected chi connectivity index (χ4v) is 3.33. The van der Waals surface area contributed by atoms with Crippen LogP contribution in [0.5, 0.6) is 5.88 Å². The van der Waals surface area contributed by atoms with E-state index in [-0.39, 0.29) is 18.4 Å². The Morgan fingerprint density at radius 3 is 2.94 bits per heavy atom. The zero-order valence-corrected chi connectivity index (χ0v) is 18.2. The number of anilines is 1. The number of phosphoric ester groups is 1. The van der Waals surface area contributed by atoms with Gasteiger partial charge in [-0.2, -0.15) is 0 Å². The molecule has 0 aromatic carbocycles. The van der Waals surface area contributed by atoms with Gasteiger partial charge in [-0.05, 0) is 42.5 Å². The van der Waals surface area contributed by atoms with Crippen molar-refractivity contribution in [3.05, 3.63) is 53.7 Å². The maximum atomic E-state index is 14.3. The molecule has 1 aliphatic carbocycles. The number of nitrogens with zero attached hydrogens (tertiary/aromatic N) is 3. The van der Waals surface area contributed by atoms with Crippen molar-refractivity contribution < 1.29 is 36.7 Å². The third-order valence-corrected chi connectivity index (χ3v) is 5.83. The SMILES string of the molecule is COP(=O)(O)OC[n+]1cccc(-c2cc(Cc3cnc(OCC4CC4)c(F)c3)no2)c1N. The average Bonchev–Trinajstić information content (AvgIpc) is 3.49. The summed E-state index contributed by atoms with van der Waals surface area (Å²) < 4.78 is 47.2.